The molecule has 0 unspecified atom stereocenters. The van der Waals surface area contributed by atoms with Gasteiger partial charge in [-0.05, 0) is 18.6 Å². The summed E-state index contributed by atoms with van der Waals surface area (Å²) in [7, 11) is 0. The van der Waals surface area contributed by atoms with Gasteiger partial charge in [-0.15, -0.1) is 0 Å². The van der Waals surface area contributed by atoms with Crippen LogP contribution in [0.25, 0.3) is 0 Å². The van der Waals surface area contributed by atoms with E-state index in [0.29, 0.717) is 27.3 Å². The molecule has 22 heavy (non-hydrogen) atoms. The van der Waals surface area contributed by atoms with E-state index in [1.54, 1.807) is 17.0 Å². The van der Waals surface area contributed by atoms with Gasteiger partial charge in [0, 0.05) is 0 Å². The molecule has 122 valence electrons. The van der Waals surface area contributed by atoms with Crippen LogP contribution in [0.3, 0.4) is 0 Å². The number of benzene rings is 1. The maximum Gasteiger partial charge on any atom is 0.279 e. The first-order valence-corrected chi connectivity index (χ1v) is 8.74. The van der Waals surface area contributed by atoms with E-state index in [2.05, 4.69) is 12.2 Å². The molecular weight excluding hydrogens is 345 g/mol. The maximum atomic E-state index is 12.2. The first-order valence-electron chi connectivity index (χ1n) is 7.61. The minimum Gasteiger partial charge on any atom is -0.326 e. The molecule has 1 saturated heterocycles. The number of quaternary nitrogens is 2. The Morgan fingerprint density at radius 1 is 1.05 bits per heavy atom. The second-order valence-electron chi connectivity index (χ2n) is 5.72. The quantitative estimate of drug-likeness (QED) is 0.662. The monoisotopic (exact) mass is 365 g/mol. The van der Waals surface area contributed by atoms with Crippen molar-refractivity contribution in [3.05, 3.63) is 27.2 Å². The SMILES string of the molecule is CCC[NH+]1CC[NH+](CC(=O)Nc2cc(Cl)c(Cl)cc2Cl)CC1. The van der Waals surface area contributed by atoms with Crippen LogP contribution in [-0.2, 0) is 4.79 Å². The molecule has 1 aromatic carbocycles. The zero-order valence-electron chi connectivity index (χ0n) is 12.6. The fourth-order valence-electron chi connectivity index (χ4n) is 2.78. The summed E-state index contributed by atoms with van der Waals surface area (Å²) in [6, 6.07) is 3.13. The van der Waals surface area contributed by atoms with E-state index in [0.717, 1.165) is 26.2 Å². The van der Waals surface area contributed by atoms with Crippen LogP contribution in [0.5, 0.6) is 0 Å². The van der Waals surface area contributed by atoms with Gasteiger partial charge in [0.25, 0.3) is 5.91 Å². The average Bonchev–Trinajstić information content (AvgIpc) is 2.47. The van der Waals surface area contributed by atoms with Gasteiger partial charge in [0.2, 0.25) is 0 Å². The number of amides is 1. The highest BCUT2D eigenvalue weighted by Crippen LogP contribution is 2.32. The first kappa shape index (κ1) is 17.8. The number of hydrogen-bond acceptors (Lipinski definition) is 1. The fourth-order valence-corrected chi connectivity index (χ4v) is 3.37. The third-order valence-corrected chi connectivity index (χ3v) is 5.00. The van der Waals surface area contributed by atoms with Gasteiger partial charge in [0.1, 0.15) is 26.2 Å². The maximum absolute atomic E-state index is 12.2. The molecule has 1 aliphatic heterocycles. The summed E-state index contributed by atoms with van der Waals surface area (Å²) in [6.07, 6.45) is 1.21. The summed E-state index contributed by atoms with van der Waals surface area (Å²) in [5, 5.41) is 3.98. The normalized spacial score (nSPS) is 21.6. The number of anilines is 1. The van der Waals surface area contributed by atoms with E-state index in [9.17, 15) is 4.79 Å². The van der Waals surface area contributed by atoms with Gasteiger partial charge >= 0.3 is 0 Å². The molecule has 2 rings (SSSR count). The van der Waals surface area contributed by atoms with Crippen LogP contribution in [0.2, 0.25) is 15.1 Å². The molecule has 0 spiro atoms. The lowest BCUT2D eigenvalue weighted by atomic mass is 10.3. The smallest absolute Gasteiger partial charge is 0.279 e. The molecule has 0 aliphatic carbocycles. The number of piperazine rings is 1. The van der Waals surface area contributed by atoms with E-state index in [1.807, 2.05) is 0 Å². The van der Waals surface area contributed by atoms with E-state index in [-0.39, 0.29) is 5.91 Å². The van der Waals surface area contributed by atoms with Gasteiger partial charge in [-0.1, -0.05) is 41.7 Å². The second kappa shape index (κ2) is 8.37. The molecule has 0 bridgehead atoms. The highest BCUT2D eigenvalue weighted by molar-refractivity contribution is 6.44. The minimum absolute atomic E-state index is 0.0470. The van der Waals surface area contributed by atoms with Gasteiger partial charge < -0.3 is 15.1 Å². The van der Waals surface area contributed by atoms with Crippen molar-refractivity contribution in [2.24, 2.45) is 0 Å². The number of halogens is 3. The van der Waals surface area contributed by atoms with Crippen LogP contribution in [0.15, 0.2) is 12.1 Å². The molecule has 7 heteroatoms. The summed E-state index contributed by atoms with van der Waals surface area (Å²) in [5.74, 6) is -0.0470. The number of hydrogen-bond donors (Lipinski definition) is 3. The molecule has 1 fully saturated rings. The Morgan fingerprint density at radius 3 is 2.27 bits per heavy atom. The fraction of sp³-hybridized carbons (Fsp3) is 0.533. The van der Waals surface area contributed by atoms with Crippen LogP contribution in [0.4, 0.5) is 5.69 Å². The van der Waals surface area contributed by atoms with E-state index < -0.39 is 0 Å². The standard InChI is InChI=1S/C15H20Cl3N3O/c1-2-3-20-4-6-21(7-5-20)10-15(22)19-14-9-12(17)11(16)8-13(14)18/h8-9H,2-7,10H2,1H3,(H,19,22)/p+2. The molecule has 1 aliphatic rings. The predicted molar refractivity (Wildman–Crippen MR) is 91.5 cm³/mol. The summed E-state index contributed by atoms with van der Waals surface area (Å²) < 4.78 is 0. The van der Waals surface area contributed by atoms with Crippen molar-refractivity contribution in [2.45, 2.75) is 13.3 Å². The van der Waals surface area contributed by atoms with Crippen LogP contribution in [0.1, 0.15) is 13.3 Å². The highest BCUT2D eigenvalue weighted by atomic mass is 35.5. The van der Waals surface area contributed by atoms with Crippen LogP contribution in [0, 0.1) is 0 Å². The molecule has 1 amide bonds. The van der Waals surface area contributed by atoms with Gasteiger partial charge in [-0.3, -0.25) is 4.79 Å². The number of carbonyl (C=O) groups is 1. The van der Waals surface area contributed by atoms with Crippen LogP contribution >= 0.6 is 34.8 Å². The highest BCUT2D eigenvalue weighted by Gasteiger charge is 2.24. The molecule has 4 nitrogen and oxygen atoms in total. The lowest BCUT2D eigenvalue weighted by Gasteiger charge is -2.29. The van der Waals surface area contributed by atoms with Gasteiger partial charge in [0.15, 0.2) is 6.54 Å². The molecule has 0 saturated carbocycles. The minimum atomic E-state index is -0.0470. The Labute approximate surface area is 146 Å². The summed E-state index contributed by atoms with van der Waals surface area (Å²) >= 11 is 17.9. The predicted octanol–water partition coefficient (Wildman–Crippen LogP) is 0.779. The molecule has 0 aromatic heterocycles. The summed E-state index contributed by atoms with van der Waals surface area (Å²) in [6.45, 7) is 8.19. The van der Waals surface area contributed by atoms with Crippen LogP contribution in [-0.4, -0.2) is 45.2 Å². The molecule has 0 radical (unpaired) electrons. The topological polar surface area (TPSA) is 38.0 Å². The van der Waals surface area contributed by atoms with Gasteiger partial charge in [-0.2, -0.15) is 0 Å². The number of nitrogens with one attached hydrogen (secondary N) is 3. The third kappa shape index (κ3) is 5.00. The van der Waals surface area contributed by atoms with E-state index in [1.165, 1.54) is 17.9 Å². The molecule has 3 N–H and O–H groups in total. The van der Waals surface area contributed by atoms with Crippen molar-refractivity contribution in [1.29, 1.82) is 0 Å². The Balaban J connectivity index is 1.85. The Bertz CT molecular complexity index is 531. The van der Waals surface area contributed by atoms with Crippen molar-refractivity contribution in [3.8, 4) is 0 Å². The van der Waals surface area contributed by atoms with Crippen molar-refractivity contribution in [2.75, 3.05) is 44.6 Å². The van der Waals surface area contributed by atoms with E-state index in [4.69, 9.17) is 34.8 Å². The Kier molecular flexibility index (Phi) is 6.78. The van der Waals surface area contributed by atoms with Gasteiger partial charge in [-0.25, -0.2) is 0 Å². The molecular formula is C15H22Cl3N3O+2. The Morgan fingerprint density at radius 2 is 1.64 bits per heavy atom. The van der Waals surface area contributed by atoms with Crippen molar-refractivity contribution >= 4 is 46.4 Å². The van der Waals surface area contributed by atoms with Crippen molar-refractivity contribution in [1.82, 2.24) is 0 Å². The zero-order valence-corrected chi connectivity index (χ0v) is 14.9. The zero-order chi connectivity index (χ0) is 16.1. The number of rotatable bonds is 5. The lowest BCUT2D eigenvalue weighted by Crippen LogP contribution is -3.28. The van der Waals surface area contributed by atoms with Crippen molar-refractivity contribution in [3.63, 3.8) is 0 Å². The van der Waals surface area contributed by atoms with Gasteiger partial charge in [0.05, 0.1) is 27.3 Å². The van der Waals surface area contributed by atoms with Crippen LogP contribution < -0.4 is 15.1 Å². The molecule has 0 atom stereocenters. The summed E-state index contributed by atoms with van der Waals surface area (Å²) in [4.78, 5) is 15.1. The summed E-state index contributed by atoms with van der Waals surface area (Å²) in [5.41, 5.74) is 0.510. The third-order valence-electron chi connectivity index (χ3n) is 3.96. The van der Waals surface area contributed by atoms with Crippen molar-refractivity contribution < 1.29 is 14.6 Å². The lowest BCUT2D eigenvalue weighted by molar-refractivity contribution is -1.01. The average molecular weight is 367 g/mol. The second-order valence-corrected chi connectivity index (χ2v) is 6.94. The molecule has 1 aromatic rings. The van der Waals surface area contributed by atoms with E-state index >= 15 is 0 Å². The largest absolute Gasteiger partial charge is 0.326 e. The molecule has 1 heterocycles. The first-order chi connectivity index (χ1) is 10.5. The Hall–Kier alpha value is -0.520. The number of carbonyl (C=O) groups excluding carboxylic acids is 1.